The Hall–Kier alpha value is -1.33. The van der Waals surface area contributed by atoms with Gasteiger partial charge in [0.2, 0.25) is 0 Å². The van der Waals surface area contributed by atoms with E-state index in [1.807, 2.05) is 6.07 Å². The Kier molecular flexibility index (Phi) is 4.27. The summed E-state index contributed by atoms with van der Waals surface area (Å²) in [6.07, 6.45) is 4.95. The maximum absolute atomic E-state index is 11.5. The second-order valence-corrected chi connectivity index (χ2v) is 6.78. The van der Waals surface area contributed by atoms with Gasteiger partial charge in [0.1, 0.15) is 11.9 Å². The van der Waals surface area contributed by atoms with Crippen LogP contribution in [0.4, 0.5) is 0 Å². The van der Waals surface area contributed by atoms with Crippen molar-refractivity contribution in [3.05, 3.63) is 36.4 Å². The van der Waals surface area contributed by atoms with E-state index in [4.69, 9.17) is 4.74 Å². The van der Waals surface area contributed by atoms with Crippen LogP contribution in [0.3, 0.4) is 0 Å². The van der Waals surface area contributed by atoms with Gasteiger partial charge >= 0.3 is 0 Å². The average Bonchev–Trinajstić information content (AvgIpc) is 2.37. The summed E-state index contributed by atoms with van der Waals surface area (Å²) in [6, 6.07) is 5.12. The summed E-state index contributed by atoms with van der Waals surface area (Å²) >= 11 is 0. The second-order valence-electron chi connectivity index (χ2n) is 4.77. The predicted molar refractivity (Wildman–Crippen MR) is 75.4 cm³/mol. The molecule has 2 rings (SSSR count). The van der Waals surface area contributed by atoms with Crippen molar-refractivity contribution in [2.45, 2.75) is 23.8 Å². The summed E-state index contributed by atoms with van der Waals surface area (Å²) in [5.74, 6) is 0.694. The summed E-state index contributed by atoms with van der Waals surface area (Å²) in [7, 11) is -3.18. The number of benzene rings is 1. The van der Waals surface area contributed by atoms with E-state index in [1.54, 1.807) is 18.2 Å². The summed E-state index contributed by atoms with van der Waals surface area (Å²) in [5, 5.41) is 3.22. The first-order valence-electron chi connectivity index (χ1n) is 6.32. The largest absolute Gasteiger partial charge is 0.489 e. The van der Waals surface area contributed by atoms with Crippen molar-refractivity contribution in [1.29, 1.82) is 0 Å². The van der Waals surface area contributed by atoms with Crippen molar-refractivity contribution in [3.8, 4) is 5.75 Å². The molecule has 0 bridgehead atoms. The highest BCUT2D eigenvalue weighted by Gasteiger charge is 2.21. The molecule has 0 fully saturated rings. The van der Waals surface area contributed by atoms with Crippen LogP contribution in [-0.4, -0.2) is 33.9 Å². The van der Waals surface area contributed by atoms with Crippen LogP contribution >= 0.6 is 0 Å². The molecule has 104 valence electrons. The van der Waals surface area contributed by atoms with Crippen molar-refractivity contribution >= 4 is 9.84 Å². The third-order valence-electron chi connectivity index (χ3n) is 3.16. The van der Waals surface area contributed by atoms with Gasteiger partial charge in [-0.2, -0.15) is 0 Å². The first-order valence-corrected chi connectivity index (χ1v) is 8.21. The molecule has 0 spiro atoms. The Labute approximate surface area is 114 Å². The highest BCUT2D eigenvalue weighted by atomic mass is 32.2. The standard InChI is InChI=1S/C14H19NO3S/c1-3-8-15-10-12-6-4-11-5-7-13(19(2,16)17)9-14(11)18-12/h3,5,7,9,12,15H,1,4,6,8,10H2,2H3. The fraction of sp³-hybridized carbons (Fsp3) is 0.429. The van der Waals surface area contributed by atoms with Crippen LogP contribution in [0.15, 0.2) is 35.7 Å². The molecule has 1 atom stereocenters. The molecule has 1 aliphatic heterocycles. The summed E-state index contributed by atoms with van der Waals surface area (Å²) in [4.78, 5) is 0.311. The summed E-state index contributed by atoms with van der Waals surface area (Å²) < 4.78 is 28.9. The monoisotopic (exact) mass is 281 g/mol. The maximum Gasteiger partial charge on any atom is 0.175 e. The molecule has 1 aromatic carbocycles. The van der Waals surface area contributed by atoms with E-state index in [0.717, 1.165) is 31.5 Å². The van der Waals surface area contributed by atoms with E-state index in [-0.39, 0.29) is 6.10 Å². The van der Waals surface area contributed by atoms with Crippen LogP contribution in [0.5, 0.6) is 5.75 Å². The third-order valence-corrected chi connectivity index (χ3v) is 4.27. The predicted octanol–water partition coefficient (Wildman–Crippen LogP) is 1.56. The lowest BCUT2D eigenvalue weighted by atomic mass is 10.0. The van der Waals surface area contributed by atoms with Gasteiger partial charge in [0.25, 0.3) is 0 Å². The molecule has 0 saturated heterocycles. The SMILES string of the molecule is C=CCNCC1CCc2ccc(S(C)(=O)=O)cc2O1. The summed E-state index contributed by atoms with van der Waals surface area (Å²) in [6.45, 7) is 5.14. The number of aryl methyl sites for hydroxylation is 1. The Balaban J connectivity index is 2.12. The molecular formula is C14H19NO3S. The summed E-state index contributed by atoms with van der Waals surface area (Å²) in [5.41, 5.74) is 1.08. The number of nitrogens with one attached hydrogen (secondary N) is 1. The Bertz CT molecular complexity index is 566. The van der Waals surface area contributed by atoms with Gasteiger partial charge in [-0.25, -0.2) is 8.42 Å². The number of hydrogen-bond donors (Lipinski definition) is 1. The quantitative estimate of drug-likeness (QED) is 0.657. The molecule has 0 radical (unpaired) electrons. The van der Waals surface area contributed by atoms with Crippen molar-refractivity contribution < 1.29 is 13.2 Å². The van der Waals surface area contributed by atoms with Gasteiger partial charge < -0.3 is 10.1 Å². The van der Waals surface area contributed by atoms with Gasteiger partial charge in [0.15, 0.2) is 9.84 Å². The zero-order valence-electron chi connectivity index (χ0n) is 11.1. The molecule has 0 aromatic heterocycles. The Morgan fingerprint density at radius 2 is 2.32 bits per heavy atom. The molecule has 19 heavy (non-hydrogen) atoms. The number of ether oxygens (including phenoxy) is 1. The smallest absolute Gasteiger partial charge is 0.175 e. The Morgan fingerprint density at radius 3 is 3.00 bits per heavy atom. The highest BCUT2D eigenvalue weighted by molar-refractivity contribution is 7.90. The molecule has 1 heterocycles. The van der Waals surface area contributed by atoms with E-state index in [2.05, 4.69) is 11.9 Å². The fourth-order valence-corrected chi connectivity index (χ4v) is 2.76. The molecular weight excluding hydrogens is 262 g/mol. The average molecular weight is 281 g/mol. The van der Waals surface area contributed by atoms with E-state index in [1.165, 1.54) is 6.26 Å². The molecule has 5 heteroatoms. The number of hydrogen-bond acceptors (Lipinski definition) is 4. The zero-order valence-corrected chi connectivity index (χ0v) is 11.9. The minimum Gasteiger partial charge on any atom is -0.489 e. The van der Waals surface area contributed by atoms with Gasteiger partial charge in [0, 0.05) is 19.3 Å². The van der Waals surface area contributed by atoms with Crippen molar-refractivity contribution in [2.24, 2.45) is 0 Å². The van der Waals surface area contributed by atoms with E-state index in [0.29, 0.717) is 10.6 Å². The Morgan fingerprint density at radius 1 is 1.53 bits per heavy atom. The minimum absolute atomic E-state index is 0.0854. The lowest BCUT2D eigenvalue weighted by Crippen LogP contribution is -2.34. The normalized spacial score (nSPS) is 18.5. The van der Waals surface area contributed by atoms with Gasteiger partial charge in [-0.15, -0.1) is 6.58 Å². The second kappa shape index (κ2) is 5.75. The molecule has 1 aliphatic rings. The van der Waals surface area contributed by atoms with E-state index >= 15 is 0 Å². The third kappa shape index (κ3) is 3.58. The van der Waals surface area contributed by atoms with Crippen LogP contribution < -0.4 is 10.1 Å². The van der Waals surface area contributed by atoms with E-state index in [9.17, 15) is 8.42 Å². The van der Waals surface area contributed by atoms with Crippen LogP contribution in [0.2, 0.25) is 0 Å². The molecule has 0 amide bonds. The van der Waals surface area contributed by atoms with Gasteiger partial charge in [0.05, 0.1) is 4.90 Å². The van der Waals surface area contributed by atoms with Gasteiger partial charge in [-0.05, 0) is 30.5 Å². The zero-order chi connectivity index (χ0) is 13.9. The minimum atomic E-state index is -3.18. The molecule has 4 nitrogen and oxygen atoms in total. The lowest BCUT2D eigenvalue weighted by Gasteiger charge is -2.26. The van der Waals surface area contributed by atoms with Crippen LogP contribution in [-0.2, 0) is 16.3 Å². The topological polar surface area (TPSA) is 55.4 Å². The molecule has 1 aromatic rings. The molecule has 0 aliphatic carbocycles. The van der Waals surface area contributed by atoms with E-state index < -0.39 is 9.84 Å². The van der Waals surface area contributed by atoms with Gasteiger partial charge in [-0.1, -0.05) is 12.1 Å². The van der Waals surface area contributed by atoms with Crippen LogP contribution in [0.1, 0.15) is 12.0 Å². The number of rotatable bonds is 5. The van der Waals surface area contributed by atoms with Crippen molar-refractivity contribution in [3.63, 3.8) is 0 Å². The maximum atomic E-state index is 11.5. The molecule has 0 saturated carbocycles. The number of fused-ring (bicyclic) bond motifs is 1. The number of sulfone groups is 1. The fourth-order valence-electron chi connectivity index (χ4n) is 2.13. The molecule has 1 N–H and O–H groups in total. The van der Waals surface area contributed by atoms with Crippen molar-refractivity contribution in [1.82, 2.24) is 5.32 Å². The molecule has 1 unspecified atom stereocenters. The first kappa shape index (κ1) is 14.1. The highest BCUT2D eigenvalue weighted by Crippen LogP contribution is 2.29. The van der Waals surface area contributed by atoms with Crippen LogP contribution in [0.25, 0.3) is 0 Å². The van der Waals surface area contributed by atoms with Crippen LogP contribution in [0, 0.1) is 0 Å². The first-order chi connectivity index (χ1) is 9.00. The van der Waals surface area contributed by atoms with Gasteiger partial charge in [-0.3, -0.25) is 0 Å². The lowest BCUT2D eigenvalue weighted by molar-refractivity contribution is 0.171. The van der Waals surface area contributed by atoms with Crippen molar-refractivity contribution in [2.75, 3.05) is 19.3 Å².